The first kappa shape index (κ1) is 25.4. The van der Waals surface area contributed by atoms with Gasteiger partial charge in [-0.2, -0.15) is 9.98 Å². The third-order valence-corrected chi connectivity index (χ3v) is 6.56. The highest BCUT2D eigenvalue weighted by Crippen LogP contribution is 2.19. The first-order valence-electron chi connectivity index (χ1n) is 10.7. The van der Waals surface area contributed by atoms with E-state index in [0.717, 1.165) is 11.3 Å². The Morgan fingerprint density at radius 2 is 1.69 bits per heavy atom. The number of carbonyl (C=O) groups is 1. The molecule has 0 aliphatic carbocycles. The second-order valence-corrected chi connectivity index (χ2v) is 10.1. The van der Waals surface area contributed by atoms with Gasteiger partial charge in [0.1, 0.15) is 6.04 Å². The van der Waals surface area contributed by atoms with Crippen molar-refractivity contribution in [2.45, 2.75) is 43.5 Å². The van der Waals surface area contributed by atoms with Gasteiger partial charge in [0.25, 0.3) is 0 Å². The average molecular weight is 457 g/mol. The van der Waals surface area contributed by atoms with E-state index in [4.69, 9.17) is 0 Å². The fraction of sp³-hybridized carbons (Fsp3) is 0.417. The summed E-state index contributed by atoms with van der Waals surface area (Å²) in [4.78, 5) is 14.8. The van der Waals surface area contributed by atoms with E-state index in [9.17, 15) is 18.5 Å². The molecule has 2 rings (SSSR count). The number of nitriles is 1. The SMILES string of the molecule is CC(C)C[C@H](NS(=O)(=O)c1ccc(N(C)C)cc1)C(=O)NCCC(C#N)c1ccccc1. The largest absolute Gasteiger partial charge is 0.378 e. The maximum absolute atomic E-state index is 12.9. The number of sulfonamides is 1. The zero-order chi connectivity index (χ0) is 23.7. The van der Waals surface area contributed by atoms with Gasteiger partial charge in [0.15, 0.2) is 0 Å². The molecule has 0 heterocycles. The van der Waals surface area contributed by atoms with Crippen LogP contribution in [0.15, 0.2) is 59.5 Å². The fourth-order valence-electron chi connectivity index (χ4n) is 3.31. The maximum atomic E-state index is 12.9. The van der Waals surface area contributed by atoms with E-state index < -0.39 is 22.0 Å². The quantitative estimate of drug-likeness (QED) is 0.540. The molecule has 1 unspecified atom stereocenters. The minimum Gasteiger partial charge on any atom is -0.378 e. The van der Waals surface area contributed by atoms with Crippen molar-refractivity contribution in [2.24, 2.45) is 5.92 Å². The molecule has 1 amide bonds. The first-order valence-corrected chi connectivity index (χ1v) is 12.1. The lowest BCUT2D eigenvalue weighted by molar-refractivity contribution is -0.123. The van der Waals surface area contributed by atoms with Crippen LogP contribution >= 0.6 is 0 Å². The number of hydrogen-bond donors (Lipinski definition) is 2. The summed E-state index contributed by atoms with van der Waals surface area (Å²) >= 11 is 0. The zero-order valence-electron chi connectivity index (χ0n) is 19.1. The molecule has 172 valence electrons. The molecule has 7 nitrogen and oxygen atoms in total. The van der Waals surface area contributed by atoms with Crippen LogP contribution in [0.2, 0.25) is 0 Å². The molecule has 0 bridgehead atoms. The minimum absolute atomic E-state index is 0.110. The van der Waals surface area contributed by atoms with Crippen molar-refractivity contribution in [3.05, 3.63) is 60.2 Å². The molecule has 0 aromatic heterocycles. The summed E-state index contributed by atoms with van der Waals surface area (Å²) in [6, 6.07) is 17.2. The van der Waals surface area contributed by atoms with E-state index in [1.54, 1.807) is 12.1 Å². The van der Waals surface area contributed by atoms with E-state index in [2.05, 4.69) is 16.1 Å². The van der Waals surface area contributed by atoms with E-state index in [-0.39, 0.29) is 23.3 Å². The predicted octanol–water partition coefficient (Wildman–Crippen LogP) is 3.26. The normalized spacial score (nSPS) is 13.2. The highest BCUT2D eigenvalue weighted by atomic mass is 32.2. The van der Waals surface area contributed by atoms with Gasteiger partial charge < -0.3 is 10.2 Å². The summed E-state index contributed by atoms with van der Waals surface area (Å²) < 4.78 is 28.3. The van der Waals surface area contributed by atoms with Crippen molar-refractivity contribution in [2.75, 3.05) is 25.5 Å². The Hall–Kier alpha value is -2.89. The van der Waals surface area contributed by atoms with Gasteiger partial charge in [0, 0.05) is 26.3 Å². The van der Waals surface area contributed by atoms with Crippen LogP contribution in [0.3, 0.4) is 0 Å². The number of amides is 1. The summed E-state index contributed by atoms with van der Waals surface area (Å²) in [5.41, 5.74) is 1.77. The third-order valence-electron chi connectivity index (χ3n) is 5.07. The van der Waals surface area contributed by atoms with E-state index in [1.807, 2.05) is 63.2 Å². The average Bonchev–Trinajstić information content (AvgIpc) is 2.76. The molecule has 0 saturated carbocycles. The lowest BCUT2D eigenvalue weighted by Gasteiger charge is -2.21. The van der Waals surface area contributed by atoms with Crippen molar-refractivity contribution < 1.29 is 13.2 Å². The van der Waals surface area contributed by atoms with Crippen LogP contribution in [-0.4, -0.2) is 41.0 Å². The molecular formula is C24H32N4O3S. The fourth-order valence-corrected chi connectivity index (χ4v) is 4.52. The Balaban J connectivity index is 2.05. The van der Waals surface area contributed by atoms with Crippen LogP contribution in [0.1, 0.15) is 38.2 Å². The Bertz CT molecular complexity index is 1010. The lowest BCUT2D eigenvalue weighted by atomic mass is 9.97. The summed E-state index contributed by atoms with van der Waals surface area (Å²) in [5, 5.41) is 12.2. The van der Waals surface area contributed by atoms with E-state index in [1.165, 1.54) is 12.1 Å². The van der Waals surface area contributed by atoms with Gasteiger partial charge in [-0.25, -0.2) is 8.42 Å². The summed E-state index contributed by atoms with van der Waals surface area (Å²) in [7, 11) is -0.114. The molecule has 0 aliphatic rings. The number of benzene rings is 2. The van der Waals surface area contributed by atoms with Gasteiger partial charge >= 0.3 is 0 Å². The van der Waals surface area contributed by atoms with Gasteiger partial charge in [0.2, 0.25) is 15.9 Å². The Labute approximate surface area is 191 Å². The molecule has 2 N–H and O–H groups in total. The van der Waals surface area contributed by atoms with Gasteiger partial charge in [-0.1, -0.05) is 44.2 Å². The Morgan fingerprint density at radius 3 is 2.22 bits per heavy atom. The van der Waals surface area contributed by atoms with Crippen molar-refractivity contribution >= 4 is 21.6 Å². The molecule has 0 spiro atoms. The van der Waals surface area contributed by atoms with Crippen LogP contribution in [-0.2, 0) is 14.8 Å². The minimum atomic E-state index is -3.86. The van der Waals surface area contributed by atoms with E-state index >= 15 is 0 Å². The van der Waals surface area contributed by atoms with Crippen molar-refractivity contribution in [1.29, 1.82) is 5.26 Å². The third kappa shape index (κ3) is 7.36. The van der Waals surface area contributed by atoms with Gasteiger partial charge in [0.05, 0.1) is 16.9 Å². The predicted molar refractivity (Wildman–Crippen MR) is 127 cm³/mol. The highest BCUT2D eigenvalue weighted by Gasteiger charge is 2.26. The van der Waals surface area contributed by atoms with Gasteiger partial charge in [-0.3, -0.25) is 4.79 Å². The molecule has 2 aromatic carbocycles. The second kappa shape index (κ2) is 11.7. The lowest BCUT2D eigenvalue weighted by Crippen LogP contribution is -2.47. The molecule has 2 aromatic rings. The van der Waals surface area contributed by atoms with Crippen LogP contribution < -0.4 is 14.9 Å². The zero-order valence-corrected chi connectivity index (χ0v) is 19.9. The number of nitrogens with zero attached hydrogens (tertiary/aromatic N) is 2. The molecule has 2 atom stereocenters. The molecule has 8 heteroatoms. The molecule has 0 fully saturated rings. The number of anilines is 1. The molecule has 0 aliphatic heterocycles. The number of carbonyl (C=O) groups excluding carboxylic acids is 1. The van der Waals surface area contributed by atoms with E-state index in [0.29, 0.717) is 12.8 Å². The Morgan fingerprint density at radius 1 is 1.06 bits per heavy atom. The van der Waals surface area contributed by atoms with Crippen molar-refractivity contribution in [1.82, 2.24) is 10.0 Å². The van der Waals surface area contributed by atoms with Crippen LogP contribution in [0.5, 0.6) is 0 Å². The summed E-state index contributed by atoms with van der Waals surface area (Å²) in [5.74, 6) is -0.621. The highest BCUT2D eigenvalue weighted by molar-refractivity contribution is 7.89. The van der Waals surface area contributed by atoms with Crippen LogP contribution in [0.25, 0.3) is 0 Å². The molecule has 0 radical (unpaired) electrons. The number of rotatable bonds is 11. The standard InChI is InChI=1S/C24H32N4O3S/c1-18(2)16-23(27-32(30,31)22-12-10-21(11-13-22)28(3)4)24(29)26-15-14-20(17-25)19-8-6-5-7-9-19/h5-13,18,20,23,27H,14-16H2,1-4H3,(H,26,29)/t20?,23-/m0/s1. The summed E-state index contributed by atoms with van der Waals surface area (Å²) in [6.45, 7) is 4.14. The van der Waals surface area contributed by atoms with Gasteiger partial charge in [-0.15, -0.1) is 0 Å². The smallest absolute Gasteiger partial charge is 0.241 e. The maximum Gasteiger partial charge on any atom is 0.241 e. The Kier molecular flexibility index (Phi) is 9.24. The first-order chi connectivity index (χ1) is 15.1. The van der Waals surface area contributed by atoms with Crippen LogP contribution in [0, 0.1) is 17.2 Å². The topological polar surface area (TPSA) is 102 Å². The molecular weight excluding hydrogens is 424 g/mol. The molecule has 32 heavy (non-hydrogen) atoms. The second-order valence-electron chi connectivity index (χ2n) is 8.36. The monoisotopic (exact) mass is 456 g/mol. The van der Waals surface area contributed by atoms with Gasteiger partial charge in [-0.05, 0) is 48.6 Å². The van der Waals surface area contributed by atoms with Crippen molar-refractivity contribution in [3.8, 4) is 6.07 Å². The van der Waals surface area contributed by atoms with Crippen molar-refractivity contribution in [3.63, 3.8) is 0 Å². The number of nitrogens with one attached hydrogen (secondary N) is 2. The number of hydrogen-bond acceptors (Lipinski definition) is 5. The summed E-state index contributed by atoms with van der Waals surface area (Å²) in [6.07, 6.45) is 0.806. The van der Waals surface area contributed by atoms with Crippen LogP contribution in [0.4, 0.5) is 5.69 Å². The molecule has 0 saturated heterocycles.